The lowest BCUT2D eigenvalue weighted by Crippen LogP contribution is -2.31. The van der Waals surface area contributed by atoms with Gasteiger partial charge in [-0.15, -0.1) is 0 Å². The van der Waals surface area contributed by atoms with Crippen molar-refractivity contribution in [3.05, 3.63) is 65.0 Å². The zero-order valence-electron chi connectivity index (χ0n) is 16.9. The molecule has 0 spiro atoms. The maximum absolute atomic E-state index is 12.3. The Hall–Kier alpha value is -3.48. The molecule has 2 aromatic carbocycles. The van der Waals surface area contributed by atoms with Crippen molar-refractivity contribution in [2.45, 2.75) is 26.8 Å². The molecule has 1 amide bonds. The number of nitrogens with one attached hydrogen (secondary N) is 1. The third-order valence-corrected chi connectivity index (χ3v) is 4.63. The summed E-state index contributed by atoms with van der Waals surface area (Å²) in [6, 6.07) is 12.1. The van der Waals surface area contributed by atoms with Crippen molar-refractivity contribution in [3.63, 3.8) is 0 Å². The van der Waals surface area contributed by atoms with E-state index in [2.05, 4.69) is 15.3 Å². The van der Waals surface area contributed by atoms with Crippen molar-refractivity contribution >= 4 is 22.9 Å². The van der Waals surface area contributed by atoms with Crippen molar-refractivity contribution < 1.29 is 19.1 Å². The highest BCUT2D eigenvalue weighted by Crippen LogP contribution is 2.24. The number of hydrogen-bond donors (Lipinski definition) is 1. The quantitative estimate of drug-likeness (QED) is 0.647. The van der Waals surface area contributed by atoms with Gasteiger partial charge in [-0.3, -0.25) is 4.79 Å². The molecule has 1 aromatic heterocycles. The number of hydrogen-bond acceptors (Lipinski definition) is 6. The first-order valence-corrected chi connectivity index (χ1v) is 9.23. The largest absolute Gasteiger partial charge is 0.496 e. The van der Waals surface area contributed by atoms with E-state index in [1.54, 1.807) is 25.3 Å². The number of aryl methyl sites for hydroxylation is 2. The minimum Gasteiger partial charge on any atom is -0.496 e. The molecule has 29 heavy (non-hydrogen) atoms. The third-order valence-electron chi connectivity index (χ3n) is 4.63. The Morgan fingerprint density at radius 2 is 1.72 bits per heavy atom. The Balaban J connectivity index is 1.62. The number of methoxy groups -OCH3 is 1. The number of nitrogens with zero attached hydrogens (tertiary/aromatic N) is 2. The number of esters is 1. The van der Waals surface area contributed by atoms with Crippen molar-refractivity contribution in [3.8, 4) is 5.75 Å². The number of aromatic nitrogens is 2. The van der Waals surface area contributed by atoms with Gasteiger partial charge in [-0.05, 0) is 45.0 Å². The normalized spacial score (nSPS) is 11.7. The summed E-state index contributed by atoms with van der Waals surface area (Å²) in [4.78, 5) is 33.4. The van der Waals surface area contributed by atoms with Crippen LogP contribution in [0, 0.1) is 13.8 Å². The highest BCUT2D eigenvalue weighted by molar-refractivity contribution is 5.94. The molecule has 3 rings (SSSR count). The van der Waals surface area contributed by atoms with Crippen LogP contribution in [0.1, 0.15) is 40.3 Å². The van der Waals surface area contributed by atoms with E-state index in [9.17, 15) is 9.59 Å². The summed E-state index contributed by atoms with van der Waals surface area (Å²) in [5, 5.41) is 2.80. The molecule has 150 valence electrons. The molecular formula is C22H23N3O4. The van der Waals surface area contributed by atoms with Crippen molar-refractivity contribution in [1.82, 2.24) is 15.3 Å². The summed E-state index contributed by atoms with van der Waals surface area (Å²) in [6.07, 6.45) is 0. The van der Waals surface area contributed by atoms with Gasteiger partial charge in [0.2, 0.25) is 0 Å². The molecular weight excluding hydrogens is 370 g/mol. The molecule has 0 aliphatic rings. The van der Waals surface area contributed by atoms with Crippen LogP contribution < -0.4 is 10.1 Å². The topological polar surface area (TPSA) is 90.4 Å². The number of amides is 1. The van der Waals surface area contributed by atoms with Crippen LogP contribution in [0.2, 0.25) is 0 Å². The van der Waals surface area contributed by atoms with Crippen LogP contribution >= 0.6 is 0 Å². The SMILES string of the molecule is COc1ccccc1C(C)NC(=O)COC(=O)c1ccc2nc(C)c(C)nc2c1. The second-order valence-corrected chi connectivity index (χ2v) is 6.71. The lowest BCUT2D eigenvalue weighted by atomic mass is 10.1. The van der Waals surface area contributed by atoms with Gasteiger partial charge in [-0.1, -0.05) is 18.2 Å². The molecule has 1 heterocycles. The number of benzene rings is 2. The van der Waals surface area contributed by atoms with Gasteiger partial charge < -0.3 is 14.8 Å². The summed E-state index contributed by atoms with van der Waals surface area (Å²) < 4.78 is 10.5. The summed E-state index contributed by atoms with van der Waals surface area (Å²) in [5.41, 5.74) is 4.11. The number of rotatable bonds is 6. The van der Waals surface area contributed by atoms with E-state index in [1.165, 1.54) is 0 Å². The van der Waals surface area contributed by atoms with E-state index in [4.69, 9.17) is 9.47 Å². The van der Waals surface area contributed by atoms with Gasteiger partial charge >= 0.3 is 5.97 Å². The van der Waals surface area contributed by atoms with Crippen LogP contribution in [-0.4, -0.2) is 35.6 Å². The lowest BCUT2D eigenvalue weighted by Gasteiger charge is -2.17. The van der Waals surface area contributed by atoms with Gasteiger partial charge in [0.05, 0.1) is 41.1 Å². The molecule has 0 aliphatic heterocycles. The van der Waals surface area contributed by atoms with Gasteiger partial charge in [0.25, 0.3) is 5.91 Å². The fourth-order valence-corrected chi connectivity index (χ4v) is 2.96. The second kappa shape index (κ2) is 8.68. The number of ether oxygens (including phenoxy) is 2. The van der Waals surface area contributed by atoms with Crippen LogP contribution in [-0.2, 0) is 9.53 Å². The molecule has 1 N–H and O–H groups in total. The van der Waals surface area contributed by atoms with E-state index in [0.717, 1.165) is 17.0 Å². The van der Waals surface area contributed by atoms with E-state index < -0.39 is 11.9 Å². The van der Waals surface area contributed by atoms with Crippen LogP contribution in [0.25, 0.3) is 11.0 Å². The molecule has 0 bridgehead atoms. The van der Waals surface area contributed by atoms with Crippen molar-refractivity contribution in [1.29, 1.82) is 0 Å². The average Bonchev–Trinajstić information content (AvgIpc) is 2.72. The summed E-state index contributed by atoms with van der Waals surface area (Å²) in [6.45, 7) is 5.20. The fraction of sp³-hybridized carbons (Fsp3) is 0.273. The predicted octanol–water partition coefficient (Wildman–Crippen LogP) is 3.29. The first kappa shape index (κ1) is 20.3. The van der Waals surface area contributed by atoms with E-state index >= 15 is 0 Å². The van der Waals surface area contributed by atoms with E-state index in [-0.39, 0.29) is 12.6 Å². The molecule has 7 nitrogen and oxygen atoms in total. The first-order valence-electron chi connectivity index (χ1n) is 9.23. The summed E-state index contributed by atoms with van der Waals surface area (Å²) in [5.74, 6) is -0.309. The average molecular weight is 393 g/mol. The molecule has 0 radical (unpaired) electrons. The Morgan fingerprint density at radius 1 is 1.03 bits per heavy atom. The standard InChI is InChI=1S/C22H23N3O4/c1-13-14(2)24-19-11-16(9-10-18(19)23-13)22(27)29-12-21(26)25-15(3)17-7-5-6-8-20(17)28-4/h5-11,15H,12H2,1-4H3,(H,25,26). The summed E-state index contributed by atoms with van der Waals surface area (Å²) >= 11 is 0. The molecule has 1 atom stereocenters. The second-order valence-electron chi connectivity index (χ2n) is 6.71. The number of carbonyl (C=O) groups excluding carboxylic acids is 2. The van der Waals surface area contributed by atoms with E-state index in [0.29, 0.717) is 22.3 Å². The Kier molecular flexibility index (Phi) is 6.07. The molecule has 3 aromatic rings. The zero-order chi connectivity index (χ0) is 21.0. The highest BCUT2D eigenvalue weighted by atomic mass is 16.5. The van der Waals surface area contributed by atoms with Gasteiger partial charge in [0, 0.05) is 5.56 Å². The van der Waals surface area contributed by atoms with Crippen molar-refractivity contribution in [2.75, 3.05) is 13.7 Å². The molecule has 7 heteroatoms. The molecule has 0 fully saturated rings. The van der Waals surface area contributed by atoms with Crippen molar-refractivity contribution in [2.24, 2.45) is 0 Å². The van der Waals surface area contributed by atoms with Crippen LogP contribution in [0.4, 0.5) is 0 Å². The van der Waals surface area contributed by atoms with Crippen LogP contribution in [0.5, 0.6) is 5.75 Å². The lowest BCUT2D eigenvalue weighted by molar-refractivity contribution is -0.124. The van der Waals surface area contributed by atoms with E-state index in [1.807, 2.05) is 45.0 Å². The summed E-state index contributed by atoms with van der Waals surface area (Å²) in [7, 11) is 1.58. The molecule has 0 saturated heterocycles. The first-order chi connectivity index (χ1) is 13.9. The van der Waals surface area contributed by atoms with Gasteiger partial charge in [0.15, 0.2) is 6.61 Å². The van der Waals surface area contributed by atoms with Gasteiger partial charge in [-0.2, -0.15) is 0 Å². The molecule has 0 saturated carbocycles. The highest BCUT2D eigenvalue weighted by Gasteiger charge is 2.16. The van der Waals surface area contributed by atoms with Crippen LogP contribution in [0.15, 0.2) is 42.5 Å². The molecule has 0 aliphatic carbocycles. The number of carbonyl (C=O) groups is 2. The van der Waals surface area contributed by atoms with Crippen LogP contribution in [0.3, 0.4) is 0 Å². The Labute approximate surface area is 169 Å². The smallest absolute Gasteiger partial charge is 0.338 e. The minimum absolute atomic E-state index is 0.292. The predicted molar refractivity (Wildman–Crippen MR) is 109 cm³/mol. The number of fused-ring (bicyclic) bond motifs is 1. The Morgan fingerprint density at radius 3 is 2.45 bits per heavy atom. The van der Waals surface area contributed by atoms with Gasteiger partial charge in [-0.25, -0.2) is 14.8 Å². The van der Waals surface area contributed by atoms with Gasteiger partial charge in [0.1, 0.15) is 5.75 Å². The number of para-hydroxylation sites is 1. The third kappa shape index (κ3) is 4.68. The maximum Gasteiger partial charge on any atom is 0.338 e. The molecule has 1 unspecified atom stereocenters. The fourth-order valence-electron chi connectivity index (χ4n) is 2.96. The maximum atomic E-state index is 12.3. The Bertz CT molecular complexity index is 1070. The zero-order valence-corrected chi connectivity index (χ0v) is 16.9. The monoisotopic (exact) mass is 393 g/mol. The minimum atomic E-state index is -0.591.